The van der Waals surface area contributed by atoms with Crippen molar-refractivity contribution in [3.63, 3.8) is 0 Å². The average Bonchev–Trinajstić information content (AvgIpc) is 2.43. The number of nitrogens with zero attached hydrogens (tertiary/aromatic N) is 1. The number of thiocarbonyl (C=S) groups is 1. The van der Waals surface area contributed by atoms with Crippen molar-refractivity contribution in [3.8, 4) is 5.75 Å². The molecule has 0 aromatic heterocycles. The summed E-state index contributed by atoms with van der Waals surface area (Å²) >= 11 is 5.02. The number of likely N-dealkylation sites (N-methyl/N-ethyl adjacent to an activating group) is 1. The van der Waals surface area contributed by atoms with Gasteiger partial charge >= 0.3 is 0 Å². The molecular weight excluding hydrogens is 260 g/mol. The first-order valence-electron chi connectivity index (χ1n) is 6.30. The van der Waals surface area contributed by atoms with E-state index in [0.29, 0.717) is 11.6 Å². The molecule has 106 valence electrons. The predicted octanol–water partition coefficient (Wildman–Crippen LogP) is 1.80. The summed E-state index contributed by atoms with van der Waals surface area (Å²) < 4.78 is 10.5. The van der Waals surface area contributed by atoms with Crippen molar-refractivity contribution < 1.29 is 9.47 Å². The molecule has 0 aliphatic heterocycles. The number of benzene rings is 1. The zero-order valence-corrected chi connectivity index (χ0v) is 12.6. The van der Waals surface area contributed by atoms with Crippen LogP contribution < -0.4 is 10.5 Å². The van der Waals surface area contributed by atoms with Crippen LogP contribution in [0.15, 0.2) is 18.2 Å². The monoisotopic (exact) mass is 282 g/mol. The van der Waals surface area contributed by atoms with Crippen molar-refractivity contribution >= 4 is 17.2 Å². The second-order valence-corrected chi connectivity index (χ2v) is 4.69. The van der Waals surface area contributed by atoms with Crippen LogP contribution in [0.5, 0.6) is 5.75 Å². The van der Waals surface area contributed by atoms with Crippen molar-refractivity contribution in [2.75, 3.05) is 33.9 Å². The van der Waals surface area contributed by atoms with E-state index >= 15 is 0 Å². The predicted molar refractivity (Wildman–Crippen MR) is 81.7 cm³/mol. The van der Waals surface area contributed by atoms with Crippen molar-refractivity contribution in [2.24, 2.45) is 5.73 Å². The third kappa shape index (κ3) is 4.78. The van der Waals surface area contributed by atoms with E-state index in [1.54, 1.807) is 14.2 Å². The molecule has 5 heteroatoms. The Labute approximate surface area is 120 Å². The van der Waals surface area contributed by atoms with Crippen LogP contribution in [0.3, 0.4) is 0 Å². The number of hydrogen-bond donors (Lipinski definition) is 1. The van der Waals surface area contributed by atoms with Gasteiger partial charge in [0.2, 0.25) is 0 Å². The van der Waals surface area contributed by atoms with Crippen LogP contribution in [0, 0.1) is 0 Å². The van der Waals surface area contributed by atoms with E-state index in [-0.39, 0.29) is 0 Å². The van der Waals surface area contributed by atoms with Crippen LogP contribution in [-0.2, 0) is 11.3 Å². The van der Waals surface area contributed by atoms with Gasteiger partial charge in [-0.3, -0.25) is 4.90 Å². The Hall–Kier alpha value is -1.17. The first-order chi connectivity index (χ1) is 9.12. The van der Waals surface area contributed by atoms with Crippen LogP contribution >= 0.6 is 12.2 Å². The number of methoxy groups -OCH3 is 2. The van der Waals surface area contributed by atoms with Crippen molar-refractivity contribution in [2.45, 2.75) is 13.5 Å². The molecule has 2 N–H and O–H groups in total. The summed E-state index contributed by atoms with van der Waals surface area (Å²) in [5.41, 5.74) is 7.63. The van der Waals surface area contributed by atoms with Gasteiger partial charge < -0.3 is 15.2 Å². The molecule has 0 bridgehead atoms. The summed E-state index contributed by atoms with van der Waals surface area (Å²) in [5.74, 6) is 0.857. The summed E-state index contributed by atoms with van der Waals surface area (Å²) in [6.07, 6.45) is 0. The summed E-state index contributed by atoms with van der Waals surface area (Å²) in [6.45, 7) is 5.46. The van der Waals surface area contributed by atoms with Gasteiger partial charge in [0.1, 0.15) is 10.7 Å². The van der Waals surface area contributed by atoms with Gasteiger partial charge in [-0.25, -0.2) is 0 Å². The van der Waals surface area contributed by atoms with Crippen LogP contribution in [0.2, 0.25) is 0 Å². The van der Waals surface area contributed by atoms with Crippen LogP contribution in [0.1, 0.15) is 18.1 Å². The maximum Gasteiger partial charge on any atom is 0.123 e. The molecular formula is C14H22N2O2S. The smallest absolute Gasteiger partial charge is 0.123 e. The number of nitrogens with two attached hydrogens (primary N) is 1. The third-order valence-corrected chi connectivity index (χ3v) is 3.25. The van der Waals surface area contributed by atoms with E-state index in [9.17, 15) is 0 Å². The molecule has 0 unspecified atom stereocenters. The zero-order valence-electron chi connectivity index (χ0n) is 11.8. The van der Waals surface area contributed by atoms with Gasteiger partial charge in [0, 0.05) is 31.3 Å². The second kappa shape index (κ2) is 8.09. The highest BCUT2D eigenvalue weighted by Crippen LogP contribution is 2.21. The Morgan fingerprint density at radius 1 is 1.37 bits per heavy atom. The molecule has 0 saturated heterocycles. The average molecular weight is 282 g/mol. The molecule has 19 heavy (non-hydrogen) atoms. The topological polar surface area (TPSA) is 47.7 Å². The molecule has 0 saturated carbocycles. The molecule has 0 fully saturated rings. The fraction of sp³-hybridized carbons (Fsp3) is 0.500. The minimum atomic E-state index is 0.406. The van der Waals surface area contributed by atoms with Gasteiger partial charge in [-0.15, -0.1) is 0 Å². The lowest BCUT2D eigenvalue weighted by Gasteiger charge is -2.21. The molecule has 1 rings (SSSR count). The fourth-order valence-electron chi connectivity index (χ4n) is 1.87. The summed E-state index contributed by atoms with van der Waals surface area (Å²) in [4.78, 5) is 2.69. The highest BCUT2D eigenvalue weighted by Gasteiger charge is 2.10. The maximum absolute atomic E-state index is 5.67. The second-order valence-electron chi connectivity index (χ2n) is 4.25. The normalized spacial score (nSPS) is 10.7. The van der Waals surface area contributed by atoms with Crippen molar-refractivity contribution in [1.82, 2.24) is 4.90 Å². The molecule has 0 atom stereocenters. The van der Waals surface area contributed by atoms with E-state index in [4.69, 9.17) is 27.4 Å². The Kier molecular flexibility index (Phi) is 6.77. The Bertz CT molecular complexity index is 424. The molecule has 0 amide bonds. The van der Waals surface area contributed by atoms with Gasteiger partial charge in [-0.1, -0.05) is 19.1 Å². The number of rotatable bonds is 8. The third-order valence-electron chi connectivity index (χ3n) is 3.02. The molecule has 0 spiro atoms. The van der Waals surface area contributed by atoms with Gasteiger partial charge in [0.25, 0.3) is 0 Å². The lowest BCUT2D eigenvalue weighted by Crippen LogP contribution is -2.27. The first kappa shape index (κ1) is 15.9. The number of ether oxygens (including phenoxy) is 2. The zero-order chi connectivity index (χ0) is 14.3. The van der Waals surface area contributed by atoms with Gasteiger partial charge in [0.15, 0.2) is 0 Å². The van der Waals surface area contributed by atoms with Crippen LogP contribution in [0.25, 0.3) is 0 Å². The SMILES string of the molecule is CCN(CCOC)Cc1cc(C(N)=S)ccc1OC. The first-order valence-corrected chi connectivity index (χ1v) is 6.71. The molecule has 1 aromatic carbocycles. The summed E-state index contributed by atoms with van der Waals surface area (Å²) in [7, 11) is 3.38. The Morgan fingerprint density at radius 3 is 2.63 bits per heavy atom. The molecule has 0 aliphatic carbocycles. The molecule has 0 heterocycles. The summed E-state index contributed by atoms with van der Waals surface area (Å²) in [6, 6.07) is 5.79. The van der Waals surface area contributed by atoms with E-state index in [0.717, 1.165) is 36.5 Å². The lowest BCUT2D eigenvalue weighted by molar-refractivity contribution is 0.147. The largest absolute Gasteiger partial charge is 0.496 e. The van der Waals surface area contributed by atoms with Gasteiger partial charge in [-0.2, -0.15) is 0 Å². The fourth-order valence-corrected chi connectivity index (χ4v) is 1.99. The van der Waals surface area contributed by atoms with E-state index < -0.39 is 0 Å². The lowest BCUT2D eigenvalue weighted by atomic mass is 10.1. The standard InChI is InChI=1S/C14H22N2O2S/c1-4-16(7-8-17-2)10-12-9-11(14(15)19)5-6-13(12)18-3/h5-6,9H,4,7-8,10H2,1-3H3,(H2,15,19). The maximum atomic E-state index is 5.67. The number of hydrogen-bond acceptors (Lipinski definition) is 4. The Balaban J connectivity index is 2.89. The minimum absolute atomic E-state index is 0.406. The molecule has 4 nitrogen and oxygen atoms in total. The van der Waals surface area contributed by atoms with Gasteiger partial charge in [0.05, 0.1) is 13.7 Å². The van der Waals surface area contributed by atoms with E-state index in [2.05, 4.69) is 11.8 Å². The van der Waals surface area contributed by atoms with Crippen molar-refractivity contribution in [1.29, 1.82) is 0 Å². The van der Waals surface area contributed by atoms with Crippen LogP contribution in [0.4, 0.5) is 0 Å². The molecule has 0 radical (unpaired) electrons. The highest BCUT2D eigenvalue weighted by molar-refractivity contribution is 7.80. The molecule has 1 aromatic rings. The van der Waals surface area contributed by atoms with E-state index in [1.165, 1.54) is 0 Å². The van der Waals surface area contributed by atoms with Crippen molar-refractivity contribution in [3.05, 3.63) is 29.3 Å². The minimum Gasteiger partial charge on any atom is -0.496 e. The quantitative estimate of drug-likeness (QED) is 0.737. The molecule has 0 aliphatic rings. The summed E-state index contributed by atoms with van der Waals surface area (Å²) in [5, 5.41) is 0. The Morgan fingerprint density at radius 2 is 2.11 bits per heavy atom. The highest BCUT2D eigenvalue weighted by atomic mass is 32.1. The van der Waals surface area contributed by atoms with Crippen LogP contribution in [-0.4, -0.2) is 43.8 Å². The van der Waals surface area contributed by atoms with Gasteiger partial charge in [-0.05, 0) is 24.7 Å². The van der Waals surface area contributed by atoms with E-state index in [1.807, 2.05) is 18.2 Å².